The highest BCUT2D eigenvalue weighted by Gasteiger charge is 2.23. The highest BCUT2D eigenvalue weighted by Crippen LogP contribution is 2.32. The fourth-order valence-electron chi connectivity index (χ4n) is 3.14. The van der Waals surface area contributed by atoms with E-state index in [-0.39, 0.29) is 23.7 Å². The van der Waals surface area contributed by atoms with Gasteiger partial charge in [0.15, 0.2) is 11.5 Å². The van der Waals surface area contributed by atoms with Gasteiger partial charge in [-0.25, -0.2) is 0 Å². The first-order chi connectivity index (χ1) is 13.7. The number of para-hydroxylation sites is 1. The van der Waals surface area contributed by atoms with E-state index in [1.807, 2.05) is 24.3 Å². The smallest absolute Gasteiger partial charge is 0.226 e. The largest absolute Gasteiger partial charge is 0.493 e. The number of carbonyl (C=O) groups is 2. The lowest BCUT2D eigenvalue weighted by molar-refractivity contribution is -0.117. The Hall–Kier alpha value is -3.02. The number of ether oxygens (including phenoxy) is 2. The number of nitrogens with zero attached hydrogens (tertiary/aromatic N) is 1. The van der Waals surface area contributed by atoms with Crippen molar-refractivity contribution in [1.29, 1.82) is 0 Å². The predicted octanol–water partition coefficient (Wildman–Crippen LogP) is 4.38. The number of benzene rings is 2. The van der Waals surface area contributed by atoms with E-state index in [2.05, 4.69) is 26.1 Å². The van der Waals surface area contributed by atoms with Gasteiger partial charge in [-0.1, -0.05) is 39.0 Å². The molecule has 0 aliphatic rings. The lowest BCUT2D eigenvalue weighted by Crippen LogP contribution is -2.34. The van der Waals surface area contributed by atoms with E-state index < -0.39 is 0 Å². The van der Waals surface area contributed by atoms with Crippen LogP contribution in [0.5, 0.6) is 11.5 Å². The van der Waals surface area contributed by atoms with Crippen LogP contribution in [0.15, 0.2) is 42.5 Å². The zero-order valence-electron chi connectivity index (χ0n) is 18.0. The number of methoxy groups -OCH3 is 2. The van der Waals surface area contributed by atoms with Crippen LogP contribution in [0, 0.1) is 0 Å². The van der Waals surface area contributed by atoms with Crippen LogP contribution < -0.4 is 19.7 Å². The molecule has 0 unspecified atom stereocenters. The molecule has 2 amide bonds. The second-order valence-electron chi connectivity index (χ2n) is 7.81. The third-order valence-corrected chi connectivity index (χ3v) is 4.61. The molecule has 0 bridgehead atoms. The Morgan fingerprint density at radius 1 is 1.00 bits per heavy atom. The molecule has 0 heterocycles. The summed E-state index contributed by atoms with van der Waals surface area (Å²) in [4.78, 5) is 26.5. The first-order valence-corrected chi connectivity index (χ1v) is 9.57. The Kier molecular flexibility index (Phi) is 7.26. The summed E-state index contributed by atoms with van der Waals surface area (Å²) < 4.78 is 10.5. The summed E-state index contributed by atoms with van der Waals surface area (Å²) >= 11 is 0. The standard InChI is InChI=1S/C23H30N2O4/c1-16(26)25(19-10-8-7-9-18(19)23(2,3)4)14-13-22(27)24-17-11-12-20(28-5)21(15-17)29-6/h7-12,15H,13-14H2,1-6H3,(H,24,27). The lowest BCUT2D eigenvalue weighted by Gasteiger charge is -2.29. The Morgan fingerprint density at radius 2 is 1.66 bits per heavy atom. The molecule has 0 aromatic heterocycles. The van der Waals surface area contributed by atoms with E-state index in [4.69, 9.17) is 9.47 Å². The van der Waals surface area contributed by atoms with Crippen molar-refractivity contribution in [1.82, 2.24) is 0 Å². The highest BCUT2D eigenvalue weighted by molar-refractivity contribution is 5.95. The van der Waals surface area contributed by atoms with Gasteiger partial charge < -0.3 is 19.7 Å². The second-order valence-corrected chi connectivity index (χ2v) is 7.81. The third-order valence-electron chi connectivity index (χ3n) is 4.61. The summed E-state index contributed by atoms with van der Waals surface area (Å²) in [5.74, 6) is 0.846. The molecule has 0 radical (unpaired) electrons. The number of hydrogen-bond acceptors (Lipinski definition) is 4. The maximum atomic E-state index is 12.5. The molecule has 0 atom stereocenters. The molecule has 0 spiro atoms. The van der Waals surface area contributed by atoms with Gasteiger partial charge in [0, 0.05) is 37.3 Å². The minimum Gasteiger partial charge on any atom is -0.493 e. The van der Waals surface area contributed by atoms with E-state index >= 15 is 0 Å². The van der Waals surface area contributed by atoms with Gasteiger partial charge in [-0.3, -0.25) is 9.59 Å². The van der Waals surface area contributed by atoms with E-state index in [9.17, 15) is 9.59 Å². The quantitative estimate of drug-likeness (QED) is 0.751. The maximum Gasteiger partial charge on any atom is 0.226 e. The molecule has 1 N–H and O–H groups in total. The van der Waals surface area contributed by atoms with Crippen LogP contribution in [0.2, 0.25) is 0 Å². The first kappa shape index (κ1) is 22.3. The van der Waals surface area contributed by atoms with Crippen LogP contribution in [-0.4, -0.2) is 32.6 Å². The van der Waals surface area contributed by atoms with Crippen molar-refractivity contribution in [3.8, 4) is 11.5 Å². The fourth-order valence-corrected chi connectivity index (χ4v) is 3.14. The van der Waals surface area contributed by atoms with Gasteiger partial charge in [0.2, 0.25) is 11.8 Å². The van der Waals surface area contributed by atoms with Crippen molar-refractivity contribution < 1.29 is 19.1 Å². The molecule has 2 aromatic rings. The minimum absolute atomic E-state index is 0.0967. The van der Waals surface area contributed by atoms with E-state index in [1.54, 1.807) is 37.3 Å². The van der Waals surface area contributed by atoms with E-state index in [0.717, 1.165) is 11.3 Å². The molecule has 0 fully saturated rings. The molecule has 0 saturated carbocycles. The van der Waals surface area contributed by atoms with Crippen LogP contribution in [0.4, 0.5) is 11.4 Å². The number of amides is 2. The van der Waals surface area contributed by atoms with E-state index in [1.165, 1.54) is 6.92 Å². The summed E-state index contributed by atoms with van der Waals surface area (Å²) in [6.45, 7) is 8.13. The molecule has 29 heavy (non-hydrogen) atoms. The van der Waals surface area contributed by atoms with Crippen LogP contribution >= 0.6 is 0 Å². The minimum atomic E-state index is -0.184. The van der Waals surface area contributed by atoms with Gasteiger partial charge in [-0.2, -0.15) is 0 Å². The SMILES string of the molecule is COc1ccc(NC(=O)CCN(C(C)=O)c2ccccc2C(C)(C)C)cc1OC. The molecule has 2 rings (SSSR count). The van der Waals surface area contributed by atoms with Crippen molar-refractivity contribution in [2.24, 2.45) is 0 Å². The van der Waals surface area contributed by atoms with Crippen LogP contribution in [0.3, 0.4) is 0 Å². The Balaban J connectivity index is 2.12. The summed E-state index contributed by atoms with van der Waals surface area (Å²) in [6, 6.07) is 13.0. The number of rotatable bonds is 7. The first-order valence-electron chi connectivity index (χ1n) is 9.57. The molecule has 6 nitrogen and oxygen atoms in total. The van der Waals surface area contributed by atoms with Crippen molar-refractivity contribution >= 4 is 23.2 Å². The van der Waals surface area contributed by atoms with Gasteiger partial charge in [0.1, 0.15) is 0 Å². The predicted molar refractivity (Wildman–Crippen MR) is 116 cm³/mol. The molecular weight excluding hydrogens is 368 g/mol. The zero-order chi connectivity index (χ0) is 21.6. The average molecular weight is 399 g/mol. The topological polar surface area (TPSA) is 67.9 Å². The average Bonchev–Trinajstić information content (AvgIpc) is 2.67. The van der Waals surface area contributed by atoms with Gasteiger partial charge in [0.05, 0.1) is 14.2 Å². The normalized spacial score (nSPS) is 11.0. The number of carbonyl (C=O) groups excluding carboxylic acids is 2. The van der Waals surface area contributed by atoms with Crippen molar-refractivity contribution in [3.05, 3.63) is 48.0 Å². The van der Waals surface area contributed by atoms with Crippen LogP contribution in [0.1, 0.15) is 39.7 Å². The van der Waals surface area contributed by atoms with Crippen molar-refractivity contribution in [2.75, 3.05) is 31.0 Å². The van der Waals surface area contributed by atoms with Gasteiger partial charge in [0.25, 0.3) is 0 Å². The Labute approximate surface area is 172 Å². The molecule has 156 valence electrons. The summed E-state index contributed by atoms with van der Waals surface area (Å²) in [7, 11) is 3.10. The third kappa shape index (κ3) is 5.73. The van der Waals surface area contributed by atoms with Gasteiger partial charge >= 0.3 is 0 Å². The van der Waals surface area contributed by atoms with Gasteiger partial charge in [-0.15, -0.1) is 0 Å². The monoisotopic (exact) mass is 398 g/mol. The second kappa shape index (κ2) is 9.45. The summed E-state index contributed by atoms with van der Waals surface area (Å²) in [6.07, 6.45) is 0.173. The molecule has 2 aromatic carbocycles. The number of anilines is 2. The number of hydrogen-bond donors (Lipinski definition) is 1. The maximum absolute atomic E-state index is 12.5. The summed E-state index contributed by atoms with van der Waals surface area (Å²) in [5, 5.41) is 2.85. The number of nitrogens with one attached hydrogen (secondary N) is 1. The molecule has 6 heteroatoms. The Morgan fingerprint density at radius 3 is 2.24 bits per heavy atom. The fraction of sp³-hybridized carbons (Fsp3) is 0.391. The highest BCUT2D eigenvalue weighted by atomic mass is 16.5. The van der Waals surface area contributed by atoms with Crippen molar-refractivity contribution in [3.63, 3.8) is 0 Å². The van der Waals surface area contributed by atoms with E-state index in [0.29, 0.717) is 23.7 Å². The molecule has 0 aliphatic carbocycles. The molecule has 0 aliphatic heterocycles. The molecular formula is C23H30N2O4. The van der Waals surface area contributed by atoms with Crippen LogP contribution in [-0.2, 0) is 15.0 Å². The van der Waals surface area contributed by atoms with Gasteiger partial charge in [-0.05, 0) is 29.2 Å². The lowest BCUT2D eigenvalue weighted by atomic mass is 9.85. The zero-order valence-corrected chi connectivity index (χ0v) is 18.0. The van der Waals surface area contributed by atoms with Crippen LogP contribution in [0.25, 0.3) is 0 Å². The van der Waals surface area contributed by atoms with Crippen molar-refractivity contribution in [2.45, 2.75) is 39.5 Å². The molecule has 0 saturated heterocycles. The Bertz CT molecular complexity index is 871. The summed E-state index contributed by atoms with van der Waals surface area (Å²) in [5.41, 5.74) is 2.39.